The van der Waals surface area contributed by atoms with E-state index in [0.29, 0.717) is 4.60 Å². The number of ether oxygens (including phenoxy) is 2. The molecule has 2 aromatic heterocycles. The molecule has 0 unspecified atom stereocenters. The van der Waals surface area contributed by atoms with Crippen LogP contribution in [0.5, 0.6) is 11.5 Å². The number of methoxy groups -OCH3 is 2. The van der Waals surface area contributed by atoms with Crippen molar-refractivity contribution >= 4 is 56.1 Å². The van der Waals surface area contributed by atoms with Crippen molar-refractivity contribution in [2.75, 3.05) is 14.2 Å². The summed E-state index contributed by atoms with van der Waals surface area (Å²) in [7, 11) is 2.46. The van der Waals surface area contributed by atoms with Gasteiger partial charge in [0, 0.05) is 34.5 Å². The summed E-state index contributed by atoms with van der Waals surface area (Å²) in [6, 6.07) is 5.80. The van der Waals surface area contributed by atoms with Crippen molar-refractivity contribution in [3.63, 3.8) is 0 Å². The smallest absolute Gasteiger partial charge is 0.360 e. The second-order valence-corrected chi connectivity index (χ2v) is 4.67. The molecule has 0 aliphatic heterocycles. The predicted molar refractivity (Wildman–Crippen MR) is 100 cm³/mol. The second-order valence-electron chi connectivity index (χ2n) is 3.86. The van der Waals surface area contributed by atoms with Crippen LogP contribution in [-0.2, 0) is 9.47 Å². The van der Waals surface area contributed by atoms with Gasteiger partial charge in [-0.3, -0.25) is 0 Å². The SMILES string of the molecule is BrBr.COC(=O)c1nc(Br)ccc1O.COC(=O)c1ncccc1O. The molecule has 8 nitrogen and oxygen atoms in total. The van der Waals surface area contributed by atoms with Crippen LogP contribution in [0, 0.1) is 0 Å². The highest BCUT2D eigenvalue weighted by atomic mass is 80.9. The minimum Gasteiger partial charge on any atom is -0.505 e. The minimum absolute atomic E-state index is 0.0602. The lowest BCUT2D eigenvalue weighted by Gasteiger charge is -2.00. The Bertz CT molecular complexity index is 715. The van der Waals surface area contributed by atoms with Gasteiger partial charge in [0.1, 0.15) is 16.1 Å². The molecule has 0 amide bonds. The summed E-state index contributed by atoms with van der Waals surface area (Å²) in [5.74, 6) is -1.65. The molecule has 0 fully saturated rings. The van der Waals surface area contributed by atoms with Gasteiger partial charge >= 0.3 is 11.9 Å². The lowest BCUT2D eigenvalue weighted by molar-refractivity contribution is 0.0581. The molecule has 0 radical (unpaired) electrons. The Balaban J connectivity index is 0.000000421. The van der Waals surface area contributed by atoms with Crippen LogP contribution >= 0.6 is 44.2 Å². The fraction of sp³-hybridized carbons (Fsp3) is 0.143. The van der Waals surface area contributed by atoms with Crippen molar-refractivity contribution in [3.05, 3.63) is 46.5 Å². The van der Waals surface area contributed by atoms with Crippen LogP contribution < -0.4 is 0 Å². The molecule has 0 saturated heterocycles. The number of halogens is 3. The normalized spacial score (nSPS) is 8.84. The molecule has 2 heterocycles. The third kappa shape index (κ3) is 7.80. The van der Waals surface area contributed by atoms with E-state index in [1.165, 1.54) is 44.7 Å². The van der Waals surface area contributed by atoms with E-state index < -0.39 is 11.9 Å². The number of carbonyl (C=O) groups is 2. The Morgan fingerprint density at radius 3 is 2.00 bits per heavy atom. The zero-order valence-corrected chi connectivity index (χ0v) is 17.7. The largest absolute Gasteiger partial charge is 0.505 e. The Kier molecular flexibility index (Phi) is 11.7. The van der Waals surface area contributed by atoms with E-state index in [0.717, 1.165) is 0 Å². The molecule has 0 atom stereocenters. The van der Waals surface area contributed by atoms with Crippen LogP contribution in [0.2, 0.25) is 0 Å². The van der Waals surface area contributed by atoms with Gasteiger partial charge in [-0.15, -0.1) is 0 Å². The molecule has 2 rings (SSSR count). The topological polar surface area (TPSA) is 119 Å². The molecule has 25 heavy (non-hydrogen) atoms. The van der Waals surface area contributed by atoms with Crippen LogP contribution in [0.3, 0.4) is 0 Å². The molecule has 0 bridgehead atoms. The molecule has 136 valence electrons. The van der Waals surface area contributed by atoms with Crippen molar-refractivity contribution in [3.8, 4) is 11.5 Å². The first-order valence-electron chi connectivity index (χ1n) is 6.21. The standard InChI is InChI=1S/C7H6BrNO3.C7H7NO3.Br2/c1-12-7(11)6-4(10)2-3-5(8)9-6;1-11-7(10)6-5(9)3-2-4-8-6;1-2/h2-3,10H,1H3;2-4,9H,1H3;. The van der Waals surface area contributed by atoms with Gasteiger partial charge in [0.2, 0.25) is 0 Å². The molecule has 0 spiro atoms. The maximum Gasteiger partial charge on any atom is 0.360 e. The average molecular weight is 545 g/mol. The highest BCUT2D eigenvalue weighted by molar-refractivity contribution is 9.93. The summed E-state index contributed by atoms with van der Waals surface area (Å²) in [6.45, 7) is 0. The highest BCUT2D eigenvalue weighted by Gasteiger charge is 2.13. The Morgan fingerprint density at radius 2 is 1.48 bits per heavy atom. The first-order valence-corrected chi connectivity index (χ1v) is 10.7. The van der Waals surface area contributed by atoms with Gasteiger partial charge in [-0.1, -0.05) is 0 Å². The summed E-state index contributed by atoms with van der Waals surface area (Å²) in [6.07, 6.45) is 1.41. The molecular weight excluding hydrogens is 532 g/mol. The molecule has 0 aliphatic carbocycles. The van der Waals surface area contributed by atoms with Gasteiger partial charge in [-0.2, -0.15) is 0 Å². The maximum absolute atomic E-state index is 10.9. The van der Waals surface area contributed by atoms with E-state index in [2.05, 4.69) is 63.6 Å². The van der Waals surface area contributed by atoms with Gasteiger partial charge in [0.15, 0.2) is 11.4 Å². The minimum atomic E-state index is -0.659. The number of rotatable bonds is 2. The zero-order chi connectivity index (χ0) is 19.4. The van der Waals surface area contributed by atoms with Crippen LogP contribution in [0.25, 0.3) is 0 Å². The number of aromatic nitrogens is 2. The quantitative estimate of drug-likeness (QED) is 0.435. The number of nitrogens with zero attached hydrogens (tertiary/aromatic N) is 2. The third-order valence-electron chi connectivity index (χ3n) is 2.38. The molecular formula is C14H13Br3N2O6. The van der Waals surface area contributed by atoms with Crippen LogP contribution in [0.4, 0.5) is 0 Å². The van der Waals surface area contributed by atoms with E-state index in [1.807, 2.05) is 0 Å². The first kappa shape index (κ1) is 23.3. The molecule has 2 aromatic rings. The predicted octanol–water partition coefficient (Wildman–Crippen LogP) is 3.60. The molecule has 0 saturated carbocycles. The number of esters is 2. The Hall–Kier alpha value is -1.72. The van der Waals surface area contributed by atoms with Crippen LogP contribution in [0.1, 0.15) is 21.0 Å². The van der Waals surface area contributed by atoms with Crippen LogP contribution in [0.15, 0.2) is 35.1 Å². The van der Waals surface area contributed by atoms with E-state index in [1.54, 1.807) is 0 Å². The lowest BCUT2D eigenvalue weighted by Crippen LogP contribution is -2.04. The van der Waals surface area contributed by atoms with Gasteiger partial charge < -0.3 is 19.7 Å². The summed E-state index contributed by atoms with van der Waals surface area (Å²) < 4.78 is 9.22. The van der Waals surface area contributed by atoms with E-state index in [9.17, 15) is 9.59 Å². The summed E-state index contributed by atoms with van der Waals surface area (Å²) in [5, 5.41) is 18.2. The number of carbonyl (C=O) groups excluding carboxylic acids is 2. The fourth-order valence-corrected chi connectivity index (χ4v) is 1.64. The number of hydrogen-bond donors (Lipinski definition) is 2. The number of pyridine rings is 2. The van der Waals surface area contributed by atoms with E-state index >= 15 is 0 Å². The maximum atomic E-state index is 10.9. The molecule has 2 N–H and O–H groups in total. The molecule has 11 heteroatoms. The first-order chi connectivity index (χ1) is 11.9. The number of hydrogen-bond acceptors (Lipinski definition) is 8. The Morgan fingerprint density at radius 1 is 0.960 bits per heavy atom. The van der Waals surface area contributed by atoms with Crippen molar-refractivity contribution in [1.29, 1.82) is 0 Å². The van der Waals surface area contributed by atoms with Crippen LogP contribution in [-0.4, -0.2) is 46.3 Å². The van der Waals surface area contributed by atoms with Crippen molar-refractivity contribution < 1.29 is 29.3 Å². The summed E-state index contributed by atoms with van der Waals surface area (Å²) in [5.41, 5.74) is -0.151. The summed E-state index contributed by atoms with van der Waals surface area (Å²) in [4.78, 5) is 29.1. The zero-order valence-electron chi connectivity index (χ0n) is 12.9. The van der Waals surface area contributed by atoms with Crippen molar-refractivity contribution in [2.24, 2.45) is 0 Å². The van der Waals surface area contributed by atoms with Gasteiger partial charge in [0.25, 0.3) is 0 Å². The molecule has 0 aliphatic rings. The average Bonchev–Trinajstić information content (AvgIpc) is 2.65. The van der Waals surface area contributed by atoms with Crippen molar-refractivity contribution in [1.82, 2.24) is 9.97 Å². The van der Waals surface area contributed by atoms with Gasteiger partial charge in [-0.25, -0.2) is 19.6 Å². The fourth-order valence-electron chi connectivity index (χ4n) is 1.33. The summed E-state index contributed by atoms with van der Waals surface area (Å²) >= 11 is 8.56. The lowest BCUT2D eigenvalue weighted by atomic mass is 10.3. The third-order valence-corrected chi connectivity index (χ3v) is 2.83. The number of aromatic hydroxyl groups is 2. The van der Waals surface area contributed by atoms with E-state index in [-0.39, 0.29) is 22.9 Å². The Labute approximate surface area is 167 Å². The highest BCUT2D eigenvalue weighted by Crippen LogP contribution is 2.18. The van der Waals surface area contributed by atoms with Gasteiger partial charge in [0.05, 0.1) is 14.2 Å². The molecule has 0 aromatic carbocycles. The second kappa shape index (κ2) is 12.6. The van der Waals surface area contributed by atoms with E-state index in [4.69, 9.17) is 10.2 Å². The monoisotopic (exact) mass is 542 g/mol. The van der Waals surface area contributed by atoms with Gasteiger partial charge in [-0.05, 0) is 40.2 Å². The van der Waals surface area contributed by atoms with Crippen molar-refractivity contribution in [2.45, 2.75) is 0 Å².